The number of aryl methyl sites for hydroxylation is 1. The fraction of sp³-hybridized carbons (Fsp3) is 0.0625. The van der Waals surface area contributed by atoms with Gasteiger partial charge in [-0.3, -0.25) is 10.1 Å². The van der Waals surface area contributed by atoms with E-state index in [1.54, 1.807) is 18.2 Å². The minimum Gasteiger partial charge on any atom is -0.258 e. The number of nitro groups is 1. The first-order valence-corrected chi connectivity index (χ1v) is 6.03. The van der Waals surface area contributed by atoms with Crippen LogP contribution in [0.2, 0.25) is 0 Å². The van der Waals surface area contributed by atoms with Crippen molar-refractivity contribution in [3.63, 3.8) is 0 Å². The summed E-state index contributed by atoms with van der Waals surface area (Å²) in [7, 11) is 0. The van der Waals surface area contributed by atoms with Crippen LogP contribution in [0.1, 0.15) is 16.7 Å². The quantitative estimate of drug-likeness (QED) is 0.364. The maximum Gasteiger partial charge on any atom is 0.269 e. The molecule has 0 aliphatic heterocycles. The van der Waals surface area contributed by atoms with Gasteiger partial charge in [-0.15, -0.1) is 0 Å². The van der Waals surface area contributed by atoms with Gasteiger partial charge in [-0.05, 0) is 36.3 Å². The van der Waals surface area contributed by atoms with Crippen LogP contribution in [0.5, 0.6) is 0 Å². The molecule has 0 heterocycles. The summed E-state index contributed by atoms with van der Waals surface area (Å²) in [6, 6.07) is 15.9. The van der Waals surface area contributed by atoms with Crippen LogP contribution in [0.25, 0.3) is 11.6 Å². The minimum absolute atomic E-state index is 0.0154. The predicted molar refractivity (Wildman–Crippen MR) is 77.8 cm³/mol. The third-order valence-corrected chi connectivity index (χ3v) is 2.86. The van der Waals surface area contributed by atoms with E-state index >= 15 is 0 Å². The van der Waals surface area contributed by atoms with Crippen LogP contribution in [0.15, 0.2) is 48.5 Å². The van der Waals surface area contributed by atoms with Gasteiger partial charge in [0.15, 0.2) is 0 Å². The molecule has 0 amide bonds. The second kappa shape index (κ2) is 5.81. The molecule has 0 saturated heterocycles. The molecule has 98 valence electrons. The van der Waals surface area contributed by atoms with Gasteiger partial charge in [-0.1, -0.05) is 29.8 Å². The maximum atomic E-state index is 10.6. The Balaban J connectivity index is 2.37. The molecule has 0 saturated carbocycles. The summed E-state index contributed by atoms with van der Waals surface area (Å²) in [5.41, 5.74) is 3.20. The Morgan fingerprint density at radius 2 is 1.95 bits per heavy atom. The highest BCUT2D eigenvalue weighted by Crippen LogP contribution is 2.21. The van der Waals surface area contributed by atoms with Crippen LogP contribution in [0, 0.1) is 28.4 Å². The Labute approximate surface area is 116 Å². The van der Waals surface area contributed by atoms with Gasteiger partial charge in [0.2, 0.25) is 0 Å². The van der Waals surface area contributed by atoms with Gasteiger partial charge in [0, 0.05) is 12.1 Å². The van der Waals surface area contributed by atoms with Gasteiger partial charge in [0.05, 0.1) is 16.6 Å². The second-order valence-corrected chi connectivity index (χ2v) is 4.39. The first kappa shape index (κ1) is 13.5. The minimum atomic E-state index is -0.458. The van der Waals surface area contributed by atoms with Gasteiger partial charge in [-0.25, -0.2) is 0 Å². The van der Waals surface area contributed by atoms with Crippen molar-refractivity contribution in [3.8, 4) is 6.07 Å². The Morgan fingerprint density at radius 1 is 1.25 bits per heavy atom. The van der Waals surface area contributed by atoms with E-state index in [1.807, 2.05) is 31.2 Å². The van der Waals surface area contributed by atoms with E-state index in [-0.39, 0.29) is 5.69 Å². The molecule has 0 fully saturated rings. The van der Waals surface area contributed by atoms with Crippen molar-refractivity contribution in [1.29, 1.82) is 5.26 Å². The molecule has 0 radical (unpaired) electrons. The maximum absolute atomic E-state index is 10.6. The van der Waals surface area contributed by atoms with Gasteiger partial charge in [0.1, 0.15) is 0 Å². The largest absolute Gasteiger partial charge is 0.269 e. The Hall–Kier alpha value is -2.93. The predicted octanol–water partition coefficient (Wildman–Crippen LogP) is 3.97. The first-order chi connectivity index (χ1) is 9.60. The van der Waals surface area contributed by atoms with Crippen molar-refractivity contribution in [2.75, 3.05) is 0 Å². The van der Waals surface area contributed by atoms with Crippen LogP contribution in [-0.2, 0) is 0 Å². The normalized spacial score (nSPS) is 10.9. The molecule has 0 aromatic heterocycles. The van der Waals surface area contributed by atoms with E-state index in [2.05, 4.69) is 6.07 Å². The topological polar surface area (TPSA) is 66.9 Å². The zero-order chi connectivity index (χ0) is 14.5. The highest BCUT2D eigenvalue weighted by molar-refractivity contribution is 5.89. The van der Waals surface area contributed by atoms with E-state index < -0.39 is 4.92 Å². The molecular weight excluding hydrogens is 252 g/mol. The molecule has 4 nitrogen and oxygen atoms in total. The van der Waals surface area contributed by atoms with E-state index in [9.17, 15) is 15.4 Å². The second-order valence-electron chi connectivity index (χ2n) is 4.39. The Bertz CT molecular complexity index is 710. The molecule has 20 heavy (non-hydrogen) atoms. The molecule has 2 aromatic rings. The molecule has 0 spiro atoms. The zero-order valence-corrected chi connectivity index (χ0v) is 10.9. The van der Waals surface area contributed by atoms with Crippen molar-refractivity contribution < 1.29 is 4.92 Å². The number of allylic oxidation sites excluding steroid dienone is 1. The third-order valence-electron chi connectivity index (χ3n) is 2.86. The Kier molecular flexibility index (Phi) is 3.92. The summed E-state index contributed by atoms with van der Waals surface area (Å²) < 4.78 is 0. The van der Waals surface area contributed by atoms with Gasteiger partial charge < -0.3 is 0 Å². The zero-order valence-electron chi connectivity index (χ0n) is 10.9. The highest BCUT2D eigenvalue weighted by Gasteiger charge is 2.06. The van der Waals surface area contributed by atoms with Crippen molar-refractivity contribution in [3.05, 3.63) is 75.3 Å². The fourth-order valence-corrected chi connectivity index (χ4v) is 1.87. The van der Waals surface area contributed by atoms with Gasteiger partial charge in [0.25, 0.3) is 5.69 Å². The average molecular weight is 264 g/mol. The molecule has 0 atom stereocenters. The molecule has 0 N–H and O–H groups in total. The first-order valence-electron chi connectivity index (χ1n) is 6.03. The lowest BCUT2D eigenvalue weighted by Gasteiger charge is -2.01. The van der Waals surface area contributed by atoms with Gasteiger partial charge in [-0.2, -0.15) is 5.26 Å². The lowest BCUT2D eigenvalue weighted by Crippen LogP contribution is -1.88. The highest BCUT2D eigenvalue weighted by atomic mass is 16.6. The number of benzene rings is 2. The van der Waals surface area contributed by atoms with Crippen molar-refractivity contribution in [2.24, 2.45) is 0 Å². The number of hydrogen-bond acceptors (Lipinski definition) is 3. The van der Waals surface area contributed by atoms with Crippen LogP contribution < -0.4 is 0 Å². The third kappa shape index (κ3) is 3.09. The number of non-ortho nitro benzene ring substituents is 1. The summed E-state index contributed by atoms with van der Waals surface area (Å²) in [6.45, 7) is 1.98. The molecule has 0 aliphatic carbocycles. The number of nitriles is 1. The molecule has 0 aliphatic rings. The smallest absolute Gasteiger partial charge is 0.258 e. The summed E-state index contributed by atoms with van der Waals surface area (Å²) >= 11 is 0. The van der Waals surface area contributed by atoms with Crippen molar-refractivity contribution >= 4 is 17.3 Å². The Morgan fingerprint density at radius 3 is 2.50 bits per heavy atom. The number of rotatable bonds is 3. The molecular formula is C16H12N2O2. The van der Waals surface area contributed by atoms with Crippen LogP contribution in [0.4, 0.5) is 5.69 Å². The van der Waals surface area contributed by atoms with E-state index in [0.29, 0.717) is 11.1 Å². The SMILES string of the molecule is Cc1cccc(/C=C(/C#N)c2ccc([N+](=O)[O-])cc2)c1. The van der Waals surface area contributed by atoms with Crippen molar-refractivity contribution in [2.45, 2.75) is 6.92 Å². The summed E-state index contributed by atoms with van der Waals surface area (Å²) in [6.07, 6.45) is 1.77. The monoisotopic (exact) mass is 264 g/mol. The van der Waals surface area contributed by atoms with Crippen molar-refractivity contribution in [1.82, 2.24) is 0 Å². The summed E-state index contributed by atoms with van der Waals surface area (Å²) in [4.78, 5) is 10.1. The molecule has 0 bridgehead atoms. The number of nitrogens with zero attached hydrogens (tertiary/aromatic N) is 2. The molecule has 0 unspecified atom stereocenters. The van der Waals surface area contributed by atoms with Gasteiger partial charge >= 0.3 is 0 Å². The average Bonchev–Trinajstić information content (AvgIpc) is 2.45. The lowest BCUT2D eigenvalue weighted by molar-refractivity contribution is -0.384. The summed E-state index contributed by atoms with van der Waals surface area (Å²) in [5.74, 6) is 0. The lowest BCUT2D eigenvalue weighted by atomic mass is 10.0. The van der Waals surface area contributed by atoms with E-state index in [1.165, 1.54) is 12.1 Å². The van der Waals surface area contributed by atoms with Crippen LogP contribution >= 0.6 is 0 Å². The molecule has 2 aromatic carbocycles. The summed E-state index contributed by atoms with van der Waals surface area (Å²) in [5, 5.41) is 19.8. The number of hydrogen-bond donors (Lipinski definition) is 0. The van der Waals surface area contributed by atoms with E-state index in [4.69, 9.17) is 0 Å². The standard InChI is InChI=1S/C16H12N2O2/c1-12-3-2-4-13(9-12)10-15(11-17)14-5-7-16(8-6-14)18(19)20/h2-10H,1H3/b15-10-. The fourth-order valence-electron chi connectivity index (χ4n) is 1.87. The molecule has 4 heteroatoms. The van der Waals surface area contributed by atoms with Crippen LogP contribution in [-0.4, -0.2) is 4.92 Å². The van der Waals surface area contributed by atoms with Crippen LogP contribution in [0.3, 0.4) is 0 Å². The number of nitro benzene ring substituents is 1. The van der Waals surface area contributed by atoms with E-state index in [0.717, 1.165) is 11.1 Å². The molecule has 2 rings (SSSR count).